The molecule has 1 aliphatic rings. The van der Waals surface area contributed by atoms with Crippen LogP contribution in [-0.4, -0.2) is 30.8 Å². The Morgan fingerprint density at radius 1 is 1.17 bits per heavy atom. The van der Waals surface area contributed by atoms with Crippen LogP contribution in [0.5, 0.6) is 5.75 Å². The van der Waals surface area contributed by atoms with Gasteiger partial charge in [-0.2, -0.15) is 0 Å². The molecule has 0 saturated carbocycles. The van der Waals surface area contributed by atoms with Crippen LogP contribution in [0.4, 0.5) is 0 Å². The Morgan fingerprint density at radius 3 is 2.59 bits per heavy atom. The van der Waals surface area contributed by atoms with Crippen LogP contribution in [0.25, 0.3) is 11.0 Å². The molecule has 2 aromatic carbocycles. The van der Waals surface area contributed by atoms with Gasteiger partial charge in [-0.05, 0) is 75.3 Å². The van der Waals surface area contributed by atoms with Gasteiger partial charge in [-0.15, -0.1) is 0 Å². The van der Waals surface area contributed by atoms with E-state index in [0.29, 0.717) is 11.5 Å². The number of hydrogen-bond acceptors (Lipinski definition) is 4. The SMILES string of the molecule is CC(=O)N=C(c1ccc(OC2CCNCC2)cc1)c1oc2ccc(Br)cc2c1C. The van der Waals surface area contributed by atoms with Crippen molar-refractivity contribution in [3.05, 3.63) is 63.8 Å². The molecule has 0 bridgehead atoms. The normalized spacial score (nSPS) is 15.6. The van der Waals surface area contributed by atoms with Crippen molar-refractivity contribution in [2.45, 2.75) is 32.8 Å². The molecule has 0 aliphatic carbocycles. The maximum absolute atomic E-state index is 11.8. The maximum atomic E-state index is 11.8. The lowest BCUT2D eigenvalue weighted by atomic mass is 10.0. The van der Waals surface area contributed by atoms with Crippen LogP contribution in [0.1, 0.15) is 36.7 Å². The summed E-state index contributed by atoms with van der Waals surface area (Å²) in [5, 5.41) is 4.34. The number of ether oxygens (including phenoxy) is 1. The topological polar surface area (TPSA) is 63.8 Å². The number of nitrogens with one attached hydrogen (secondary N) is 1. The van der Waals surface area contributed by atoms with Gasteiger partial charge in [-0.1, -0.05) is 15.9 Å². The summed E-state index contributed by atoms with van der Waals surface area (Å²) in [6.45, 7) is 5.40. The number of carbonyl (C=O) groups is 1. The number of amides is 1. The average Bonchev–Trinajstić information content (AvgIpc) is 3.03. The van der Waals surface area contributed by atoms with E-state index >= 15 is 0 Å². The number of benzene rings is 2. The molecule has 29 heavy (non-hydrogen) atoms. The van der Waals surface area contributed by atoms with Crippen molar-refractivity contribution in [1.82, 2.24) is 5.32 Å². The monoisotopic (exact) mass is 454 g/mol. The van der Waals surface area contributed by atoms with E-state index < -0.39 is 0 Å². The van der Waals surface area contributed by atoms with E-state index in [0.717, 1.165) is 58.2 Å². The predicted octanol–water partition coefficient (Wildman–Crippen LogP) is 5.02. The molecule has 1 aromatic heterocycles. The van der Waals surface area contributed by atoms with Gasteiger partial charge in [0.2, 0.25) is 5.91 Å². The van der Waals surface area contributed by atoms with Crippen molar-refractivity contribution < 1.29 is 13.9 Å². The van der Waals surface area contributed by atoms with Crippen molar-refractivity contribution in [2.75, 3.05) is 13.1 Å². The first kappa shape index (κ1) is 19.9. The molecule has 0 unspecified atom stereocenters. The lowest BCUT2D eigenvalue weighted by molar-refractivity contribution is -0.115. The molecular formula is C23H23BrN2O3. The zero-order chi connectivity index (χ0) is 20.4. The van der Waals surface area contributed by atoms with Crippen LogP contribution in [0, 0.1) is 6.92 Å². The number of aliphatic imine (C=N–C) groups is 1. The third-order valence-corrected chi connectivity index (χ3v) is 5.59. The molecule has 1 fully saturated rings. The summed E-state index contributed by atoms with van der Waals surface area (Å²) < 4.78 is 13.1. The van der Waals surface area contributed by atoms with Crippen molar-refractivity contribution in [2.24, 2.45) is 4.99 Å². The second kappa shape index (κ2) is 8.51. The van der Waals surface area contributed by atoms with Crippen molar-refractivity contribution in [3.63, 3.8) is 0 Å². The van der Waals surface area contributed by atoms with Crippen LogP contribution < -0.4 is 10.1 Å². The van der Waals surface area contributed by atoms with Gasteiger partial charge in [0, 0.05) is 27.9 Å². The van der Waals surface area contributed by atoms with Gasteiger partial charge >= 0.3 is 0 Å². The van der Waals surface area contributed by atoms with E-state index in [4.69, 9.17) is 9.15 Å². The molecule has 1 N–H and O–H groups in total. The van der Waals surface area contributed by atoms with E-state index in [1.54, 1.807) is 0 Å². The number of aryl methyl sites for hydroxylation is 1. The molecule has 5 nitrogen and oxygen atoms in total. The van der Waals surface area contributed by atoms with Gasteiger partial charge in [-0.3, -0.25) is 4.79 Å². The molecule has 6 heteroatoms. The minimum atomic E-state index is -0.268. The van der Waals surface area contributed by atoms with Crippen LogP contribution in [0.3, 0.4) is 0 Å². The Hall–Kier alpha value is -2.44. The third kappa shape index (κ3) is 4.43. The van der Waals surface area contributed by atoms with Crippen LogP contribution in [0.15, 0.2) is 56.3 Å². The Morgan fingerprint density at radius 2 is 1.90 bits per heavy atom. The van der Waals surface area contributed by atoms with Gasteiger partial charge in [0.25, 0.3) is 0 Å². The van der Waals surface area contributed by atoms with E-state index in [1.807, 2.05) is 49.4 Å². The number of furan rings is 1. The maximum Gasteiger partial charge on any atom is 0.243 e. The number of carbonyl (C=O) groups excluding carboxylic acids is 1. The van der Waals surface area contributed by atoms with Crippen LogP contribution in [-0.2, 0) is 4.79 Å². The number of hydrogen-bond donors (Lipinski definition) is 1. The summed E-state index contributed by atoms with van der Waals surface area (Å²) >= 11 is 3.50. The molecule has 1 amide bonds. The largest absolute Gasteiger partial charge is 0.490 e. The van der Waals surface area contributed by atoms with Crippen molar-refractivity contribution in [1.29, 1.82) is 0 Å². The Labute approximate surface area is 178 Å². The number of fused-ring (bicyclic) bond motifs is 1. The van der Waals surface area contributed by atoms with E-state index in [2.05, 4.69) is 26.2 Å². The molecule has 2 heterocycles. The molecule has 0 atom stereocenters. The summed E-state index contributed by atoms with van der Waals surface area (Å²) in [6, 6.07) is 13.6. The second-order valence-electron chi connectivity index (χ2n) is 7.27. The summed E-state index contributed by atoms with van der Waals surface area (Å²) in [5.41, 5.74) is 3.08. The average molecular weight is 455 g/mol. The number of piperidine rings is 1. The van der Waals surface area contributed by atoms with Gasteiger partial charge in [-0.25, -0.2) is 4.99 Å². The first-order chi connectivity index (χ1) is 14.0. The fraction of sp³-hybridized carbons (Fsp3) is 0.304. The van der Waals surface area contributed by atoms with E-state index in [-0.39, 0.29) is 12.0 Å². The Balaban J connectivity index is 1.67. The second-order valence-corrected chi connectivity index (χ2v) is 8.18. The van der Waals surface area contributed by atoms with Gasteiger partial charge < -0.3 is 14.5 Å². The molecule has 150 valence electrons. The van der Waals surface area contributed by atoms with Gasteiger partial charge in [0.15, 0.2) is 5.76 Å². The highest BCUT2D eigenvalue weighted by Gasteiger charge is 2.19. The first-order valence-electron chi connectivity index (χ1n) is 9.77. The van der Waals surface area contributed by atoms with E-state index in [9.17, 15) is 4.79 Å². The quantitative estimate of drug-likeness (QED) is 0.562. The standard InChI is InChI=1S/C23H23BrN2O3/c1-14-20-13-17(24)5-8-21(20)29-23(14)22(26-15(2)27)16-3-6-18(7-4-16)28-19-9-11-25-12-10-19/h3-8,13,19,25H,9-12H2,1-2H3. The number of nitrogens with zero attached hydrogens (tertiary/aromatic N) is 1. The molecule has 3 aromatic rings. The molecule has 0 radical (unpaired) electrons. The Bertz CT molecular complexity index is 1060. The fourth-order valence-corrected chi connectivity index (χ4v) is 3.98. The smallest absolute Gasteiger partial charge is 0.243 e. The fourth-order valence-electron chi connectivity index (χ4n) is 3.62. The van der Waals surface area contributed by atoms with Gasteiger partial charge in [0.05, 0.1) is 0 Å². The van der Waals surface area contributed by atoms with Crippen LogP contribution >= 0.6 is 15.9 Å². The summed E-state index contributed by atoms with van der Waals surface area (Å²) in [5.74, 6) is 1.17. The number of halogens is 1. The summed E-state index contributed by atoms with van der Waals surface area (Å²) in [6.07, 6.45) is 2.25. The minimum absolute atomic E-state index is 0.239. The predicted molar refractivity (Wildman–Crippen MR) is 118 cm³/mol. The van der Waals surface area contributed by atoms with Crippen molar-refractivity contribution in [3.8, 4) is 5.75 Å². The lowest BCUT2D eigenvalue weighted by Crippen LogP contribution is -2.34. The van der Waals surface area contributed by atoms with Crippen molar-refractivity contribution >= 4 is 38.5 Å². The van der Waals surface area contributed by atoms with Crippen LogP contribution in [0.2, 0.25) is 0 Å². The highest BCUT2D eigenvalue weighted by molar-refractivity contribution is 9.10. The summed E-state index contributed by atoms with van der Waals surface area (Å²) in [4.78, 5) is 16.1. The number of rotatable bonds is 4. The van der Waals surface area contributed by atoms with Gasteiger partial charge in [0.1, 0.15) is 23.1 Å². The lowest BCUT2D eigenvalue weighted by Gasteiger charge is -2.23. The molecular weight excluding hydrogens is 432 g/mol. The first-order valence-corrected chi connectivity index (χ1v) is 10.6. The Kier molecular flexibility index (Phi) is 5.83. The highest BCUT2D eigenvalue weighted by Crippen LogP contribution is 2.30. The minimum Gasteiger partial charge on any atom is -0.490 e. The third-order valence-electron chi connectivity index (χ3n) is 5.10. The molecule has 1 aliphatic heterocycles. The molecule has 4 rings (SSSR count). The zero-order valence-corrected chi connectivity index (χ0v) is 18.1. The molecule has 1 saturated heterocycles. The zero-order valence-electron chi connectivity index (χ0n) is 16.5. The highest BCUT2D eigenvalue weighted by atomic mass is 79.9. The molecule has 0 spiro atoms. The summed E-state index contributed by atoms with van der Waals surface area (Å²) in [7, 11) is 0. The van der Waals surface area contributed by atoms with E-state index in [1.165, 1.54) is 6.92 Å².